The number of hydrogen-bond donors (Lipinski definition) is 1. The van der Waals surface area contributed by atoms with Crippen LogP contribution >= 0.6 is 11.6 Å². The van der Waals surface area contributed by atoms with Crippen LogP contribution in [0.3, 0.4) is 0 Å². The Morgan fingerprint density at radius 3 is 2.38 bits per heavy atom. The predicted octanol–water partition coefficient (Wildman–Crippen LogP) is 3.78. The minimum atomic E-state index is -3.71. The van der Waals surface area contributed by atoms with Gasteiger partial charge in [-0.1, -0.05) is 23.7 Å². The van der Waals surface area contributed by atoms with Crippen molar-refractivity contribution in [3.05, 3.63) is 76.2 Å². The molecule has 9 nitrogen and oxygen atoms in total. The summed E-state index contributed by atoms with van der Waals surface area (Å²) in [6.45, 7) is 5.74. The molecule has 4 rings (SSSR count). The first-order valence-electron chi connectivity index (χ1n) is 12.9. The first kappa shape index (κ1) is 29.0. The van der Waals surface area contributed by atoms with Crippen molar-refractivity contribution in [2.24, 2.45) is 0 Å². The molecule has 2 aliphatic rings. The van der Waals surface area contributed by atoms with Crippen LogP contribution < -0.4 is 5.32 Å². The van der Waals surface area contributed by atoms with Gasteiger partial charge in [-0.2, -0.15) is 4.31 Å². The van der Waals surface area contributed by atoms with Gasteiger partial charge in [0.2, 0.25) is 10.0 Å². The smallest absolute Gasteiger partial charge is 0.338 e. The maximum absolute atomic E-state index is 13.6. The molecular weight excluding hydrogens is 547 g/mol. The van der Waals surface area contributed by atoms with E-state index in [0.29, 0.717) is 48.9 Å². The maximum atomic E-state index is 13.6. The molecule has 1 fully saturated rings. The van der Waals surface area contributed by atoms with Crippen LogP contribution in [0.4, 0.5) is 9.18 Å². The molecule has 0 spiro atoms. The molecule has 1 unspecified atom stereocenters. The summed E-state index contributed by atoms with van der Waals surface area (Å²) in [5.41, 5.74) is 1.32. The van der Waals surface area contributed by atoms with Crippen LogP contribution in [0.25, 0.3) is 0 Å². The summed E-state index contributed by atoms with van der Waals surface area (Å²) < 4.78 is 46.9. The van der Waals surface area contributed by atoms with Crippen molar-refractivity contribution in [3.8, 4) is 0 Å². The average molecular weight is 579 g/mol. The number of urea groups is 1. The number of nitrogens with zero attached hydrogens (tertiary/aromatic N) is 3. The normalized spacial score (nSPS) is 19.5. The Bertz CT molecular complexity index is 1330. The van der Waals surface area contributed by atoms with Gasteiger partial charge in [0.1, 0.15) is 5.82 Å². The fourth-order valence-electron chi connectivity index (χ4n) is 4.88. The predicted molar refractivity (Wildman–Crippen MR) is 145 cm³/mol. The third-order valence-electron chi connectivity index (χ3n) is 6.83. The average Bonchev–Trinajstić information content (AvgIpc) is 3.15. The lowest BCUT2D eigenvalue weighted by atomic mass is 9.94. The molecule has 0 radical (unpaired) electrons. The Balaban J connectivity index is 1.63. The Hall–Kier alpha value is -2.99. The molecule has 0 saturated carbocycles. The molecule has 2 amide bonds. The van der Waals surface area contributed by atoms with Crippen molar-refractivity contribution in [2.75, 3.05) is 45.9 Å². The van der Waals surface area contributed by atoms with Crippen LogP contribution in [0.15, 0.2) is 64.7 Å². The number of sulfonamides is 1. The zero-order chi connectivity index (χ0) is 28.2. The van der Waals surface area contributed by atoms with Crippen LogP contribution in [0.5, 0.6) is 0 Å². The van der Waals surface area contributed by atoms with Crippen molar-refractivity contribution >= 4 is 33.6 Å². The molecule has 1 saturated heterocycles. The Morgan fingerprint density at radius 1 is 1.05 bits per heavy atom. The number of esters is 1. The SMILES string of the molecule is CCOC(=O)C1=C(CN2CCCN(S(=O)(=O)c3ccc(Cl)cc3)CC2)N(CC)C(=O)NC1c1ccc(F)cc1. The van der Waals surface area contributed by atoms with E-state index >= 15 is 0 Å². The minimum absolute atomic E-state index is 0.146. The molecule has 210 valence electrons. The van der Waals surface area contributed by atoms with Crippen LogP contribution in [-0.2, 0) is 19.6 Å². The van der Waals surface area contributed by atoms with E-state index in [1.807, 2.05) is 11.8 Å². The van der Waals surface area contributed by atoms with Gasteiger partial charge in [0.25, 0.3) is 0 Å². The fourth-order valence-corrected chi connectivity index (χ4v) is 6.47. The summed E-state index contributed by atoms with van der Waals surface area (Å²) in [5.74, 6) is -0.998. The number of carbonyl (C=O) groups is 2. The van der Waals surface area contributed by atoms with Crippen molar-refractivity contribution in [1.29, 1.82) is 0 Å². The summed E-state index contributed by atoms with van der Waals surface area (Å²) in [5, 5.41) is 3.32. The highest BCUT2D eigenvalue weighted by atomic mass is 35.5. The molecule has 1 atom stereocenters. The number of hydrogen-bond acceptors (Lipinski definition) is 6. The van der Waals surface area contributed by atoms with Crippen LogP contribution in [0, 0.1) is 5.82 Å². The molecule has 1 N–H and O–H groups in total. The maximum Gasteiger partial charge on any atom is 0.338 e. The molecule has 39 heavy (non-hydrogen) atoms. The zero-order valence-corrected chi connectivity index (χ0v) is 23.5. The molecular formula is C27H32ClFN4O5S. The van der Waals surface area contributed by atoms with Gasteiger partial charge in [-0.05, 0) is 68.8 Å². The van der Waals surface area contributed by atoms with Crippen molar-refractivity contribution < 1.29 is 27.1 Å². The summed E-state index contributed by atoms with van der Waals surface area (Å²) in [6, 6.07) is 10.5. The lowest BCUT2D eigenvalue weighted by Gasteiger charge is -2.38. The number of ether oxygens (including phenoxy) is 1. The van der Waals surface area contributed by atoms with E-state index in [0.717, 1.165) is 0 Å². The van der Waals surface area contributed by atoms with Crippen LogP contribution in [-0.4, -0.2) is 80.4 Å². The van der Waals surface area contributed by atoms with Crippen molar-refractivity contribution in [1.82, 2.24) is 19.4 Å². The van der Waals surface area contributed by atoms with Gasteiger partial charge >= 0.3 is 12.0 Å². The number of carbonyl (C=O) groups excluding carboxylic acids is 2. The van der Waals surface area contributed by atoms with E-state index in [-0.39, 0.29) is 36.2 Å². The highest BCUT2D eigenvalue weighted by Gasteiger charge is 2.38. The molecule has 2 heterocycles. The van der Waals surface area contributed by atoms with Crippen molar-refractivity contribution in [3.63, 3.8) is 0 Å². The van der Waals surface area contributed by atoms with Gasteiger partial charge in [0, 0.05) is 43.4 Å². The van der Waals surface area contributed by atoms with Gasteiger partial charge in [-0.25, -0.2) is 22.4 Å². The highest BCUT2D eigenvalue weighted by molar-refractivity contribution is 7.89. The van der Waals surface area contributed by atoms with E-state index in [1.54, 1.807) is 19.1 Å². The zero-order valence-electron chi connectivity index (χ0n) is 21.9. The number of amides is 2. The van der Waals surface area contributed by atoms with Gasteiger partial charge in [-0.3, -0.25) is 9.80 Å². The number of likely N-dealkylation sites (N-methyl/N-ethyl adjacent to an activating group) is 1. The molecule has 2 aromatic rings. The van der Waals surface area contributed by atoms with Crippen LogP contribution in [0.2, 0.25) is 5.02 Å². The third-order valence-corrected chi connectivity index (χ3v) is 8.99. The van der Waals surface area contributed by atoms with E-state index in [1.165, 1.54) is 45.6 Å². The second-order valence-corrected chi connectivity index (χ2v) is 11.6. The standard InChI is InChI=1S/C27H32ClFN4O5S/c1-3-33-23(24(26(34)38-4-2)25(30-27(33)35)19-6-10-21(29)11-7-19)18-31-14-5-15-32(17-16-31)39(36,37)22-12-8-20(28)9-13-22/h6-13,25H,3-5,14-18H2,1-2H3,(H,30,35). The monoisotopic (exact) mass is 578 g/mol. The third kappa shape index (κ3) is 6.43. The lowest BCUT2D eigenvalue weighted by molar-refractivity contribution is -0.139. The van der Waals surface area contributed by atoms with E-state index in [9.17, 15) is 22.4 Å². The topological polar surface area (TPSA) is 99.3 Å². The van der Waals surface area contributed by atoms with Crippen molar-refractivity contribution in [2.45, 2.75) is 31.2 Å². The Kier molecular flexibility index (Phi) is 9.27. The number of halogens is 2. The molecule has 0 aromatic heterocycles. The summed E-state index contributed by atoms with van der Waals surface area (Å²) in [6.07, 6.45) is 0.564. The summed E-state index contributed by atoms with van der Waals surface area (Å²) >= 11 is 5.93. The Labute approximate surface area is 233 Å². The highest BCUT2D eigenvalue weighted by Crippen LogP contribution is 2.32. The van der Waals surface area contributed by atoms with Gasteiger partial charge < -0.3 is 10.1 Å². The van der Waals surface area contributed by atoms with Gasteiger partial charge in [0.05, 0.1) is 23.1 Å². The minimum Gasteiger partial charge on any atom is -0.463 e. The molecule has 0 aliphatic carbocycles. The summed E-state index contributed by atoms with van der Waals surface area (Å²) in [4.78, 5) is 30.1. The molecule has 12 heteroatoms. The van der Waals surface area contributed by atoms with Crippen LogP contribution in [0.1, 0.15) is 31.9 Å². The Morgan fingerprint density at radius 2 is 1.74 bits per heavy atom. The molecule has 0 bridgehead atoms. The largest absolute Gasteiger partial charge is 0.463 e. The van der Waals surface area contributed by atoms with E-state index < -0.39 is 27.9 Å². The molecule has 2 aliphatic heterocycles. The van der Waals surface area contributed by atoms with Gasteiger partial charge in [-0.15, -0.1) is 0 Å². The quantitative estimate of drug-likeness (QED) is 0.479. The van der Waals surface area contributed by atoms with Gasteiger partial charge in [0.15, 0.2) is 0 Å². The first-order chi connectivity index (χ1) is 18.6. The lowest BCUT2D eigenvalue weighted by Crippen LogP contribution is -2.51. The molecule has 2 aromatic carbocycles. The second kappa shape index (κ2) is 12.5. The van der Waals surface area contributed by atoms with E-state index in [4.69, 9.17) is 16.3 Å². The van der Waals surface area contributed by atoms with E-state index in [2.05, 4.69) is 5.32 Å². The number of nitrogens with one attached hydrogen (secondary N) is 1. The second-order valence-electron chi connectivity index (χ2n) is 9.25. The number of rotatable bonds is 8. The first-order valence-corrected chi connectivity index (χ1v) is 14.7. The fraction of sp³-hybridized carbons (Fsp3) is 0.407. The number of benzene rings is 2. The summed E-state index contributed by atoms with van der Waals surface area (Å²) in [7, 11) is -3.71.